The molecular formula is C4H2F8O3. The fourth-order valence-electron chi connectivity index (χ4n) is 0.394. The summed E-state index contributed by atoms with van der Waals surface area (Å²) in [6.45, 7) is -8.27. The van der Waals surface area contributed by atoms with Crippen LogP contribution in [0.1, 0.15) is 0 Å². The molecule has 0 rings (SSSR count). The smallest absolute Gasteiger partial charge is 0.232 e. The van der Waals surface area contributed by atoms with Crippen molar-refractivity contribution < 1.29 is 49.3 Å². The number of hydrogen-bond donors (Lipinski definition) is 0. The van der Waals surface area contributed by atoms with Gasteiger partial charge in [0.2, 0.25) is 0 Å². The molecule has 0 radical (unpaired) electrons. The van der Waals surface area contributed by atoms with Gasteiger partial charge in [-0.15, -0.1) is 17.6 Å². The van der Waals surface area contributed by atoms with Crippen molar-refractivity contribution in [2.75, 3.05) is 0 Å². The largest absolute Gasteiger partial charge is 0.496 e. The van der Waals surface area contributed by atoms with E-state index in [1.165, 1.54) is 0 Å². The van der Waals surface area contributed by atoms with E-state index < -0.39 is 25.8 Å². The van der Waals surface area contributed by atoms with E-state index in [1.54, 1.807) is 0 Å². The summed E-state index contributed by atoms with van der Waals surface area (Å²) in [7, 11) is 0. The summed E-state index contributed by atoms with van der Waals surface area (Å²) in [6, 6.07) is 0. The zero-order chi connectivity index (χ0) is 12.3. The Kier molecular flexibility index (Phi) is 4.67. The summed E-state index contributed by atoms with van der Waals surface area (Å²) >= 11 is 0. The van der Waals surface area contributed by atoms with Gasteiger partial charge in [-0.1, -0.05) is 0 Å². The van der Waals surface area contributed by atoms with Crippen molar-refractivity contribution >= 4 is 0 Å². The maximum absolute atomic E-state index is 11.9. The van der Waals surface area contributed by atoms with E-state index in [0.29, 0.717) is 0 Å². The first kappa shape index (κ1) is 14.3. The van der Waals surface area contributed by atoms with Gasteiger partial charge in [0, 0.05) is 0 Å². The molecule has 92 valence electrons. The monoisotopic (exact) mass is 250 g/mol. The second kappa shape index (κ2) is 4.90. The van der Waals surface area contributed by atoms with Gasteiger partial charge in [-0.25, -0.2) is 14.2 Å². The number of hydrogen-bond acceptors (Lipinski definition) is 3. The fraction of sp³-hybridized carbons (Fsp3) is 1.00. The average Bonchev–Trinajstić information content (AvgIpc) is 1.73. The normalized spacial score (nSPS) is 14.0. The molecule has 3 nitrogen and oxygen atoms in total. The summed E-state index contributed by atoms with van der Waals surface area (Å²) in [5.74, 6) is 0. The van der Waals surface area contributed by atoms with Crippen LogP contribution in [0, 0.1) is 0 Å². The first-order chi connectivity index (χ1) is 6.54. The molecule has 0 saturated carbocycles. The van der Waals surface area contributed by atoms with Gasteiger partial charge >= 0.3 is 25.8 Å². The van der Waals surface area contributed by atoms with Gasteiger partial charge in [-0.05, 0) is 0 Å². The summed E-state index contributed by atoms with van der Waals surface area (Å²) in [4.78, 5) is 0. The van der Waals surface area contributed by atoms with Crippen molar-refractivity contribution in [1.29, 1.82) is 0 Å². The Morgan fingerprint density at radius 1 is 0.667 bits per heavy atom. The highest BCUT2D eigenvalue weighted by atomic mass is 19.3. The van der Waals surface area contributed by atoms with Crippen LogP contribution in [0.2, 0.25) is 0 Å². The lowest BCUT2D eigenvalue weighted by molar-refractivity contribution is -0.552. The van der Waals surface area contributed by atoms with Gasteiger partial charge in [0.25, 0.3) is 0 Å². The Labute approximate surface area is 76.5 Å². The van der Waals surface area contributed by atoms with E-state index in [4.69, 9.17) is 0 Å². The maximum Gasteiger partial charge on any atom is 0.496 e. The molecular weight excluding hydrogens is 248 g/mol. The lowest BCUT2D eigenvalue weighted by Crippen LogP contribution is -2.39. The molecule has 0 atom stereocenters. The number of alkyl halides is 8. The van der Waals surface area contributed by atoms with E-state index in [-0.39, 0.29) is 0 Å². The molecule has 0 unspecified atom stereocenters. The van der Waals surface area contributed by atoms with Crippen molar-refractivity contribution in [2.45, 2.75) is 25.8 Å². The maximum atomic E-state index is 11.9. The summed E-state index contributed by atoms with van der Waals surface area (Å²) in [6.07, 6.45) is -10.9. The predicted octanol–water partition coefficient (Wildman–Crippen LogP) is 2.58. The van der Waals surface area contributed by atoms with Crippen LogP contribution >= 0.6 is 0 Å². The molecule has 0 aromatic carbocycles. The molecule has 0 saturated heterocycles. The third kappa shape index (κ3) is 7.27. The minimum Gasteiger partial charge on any atom is -0.232 e. The van der Waals surface area contributed by atoms with E-state index in [9.17, 15) is 35.1 Å². The van der Waals surface area contributed by atoms with Crippen molar-refractivity contribution in [1.82, 2.24) is 0 Å². The SMILES string of the molecule is FC(F)OC(F)(F)OC(F)(F)OC(F)F. The molecule has 0 aliphatic heterocycles. The summed E-state index contributed by atoms with van der Waals surface area (Å²) < 4.78 is 98.9. The molecule has 0 fully saturated rings. The molecule has 0 aromatic heterocycles. The van der Waals surface area contributed by atoms with Crippen LogP contribution in [0.15, 0.2) is 0 Å². The second-order valence-corrected chi connectivity index (χ2v) is 1.79. The van der Waals surface area contributed by atoms with Gasteiger partial charge in [0.1, 0.15) is 0 Å². The van der Waals surface area contributed by atoms with Crippen LogP contribution in [0.3, 0.4) is 0 Å². The Bertz CT molecular complexity index is 174. The second-order valence-electron chi connectivity index (χ2n) is 1.79. The summed E-state index contributed by atoms with van der Waals surface area (Å²) in [5.41, 5.74) is 0. The van der Waals surface area contributed by atoms with Crippen LogP contribution in [-0.4, -0.2) is 25.8 Å². The average molecular weight is 250 g/mol. The molecule has 0 aliphatic rings. The van der Waals surface area contributed by atoms with Gasteiger partial charge in [-0.2, -0.15) is 17.6 Å². The van der Waals surface area contributed by atoms with E-state index >= 15 is 0 Å². The molecule has 15 heavy (non-hydrogen) atoms. The van der Waals surface area contributed by atoms with E-state index in [2.05, 4.69) is 14.2 Å². The van der Waals surface area contributed by atoms with Crippen molar-refractivity contribution in [3.8, 4) is 0 Å². The van der Waals surface area contributed by atoms with Gasteiger partial charge in [-0.3, -0.25) is 0 Å². The molecule has 0 heterocycles. The Hall–Kier alpha value is -0.680. The third-order valence-corrected chi connectivity index (χ3v) is 0.690. The number of halogens is 8. The van der Waals surface area contributed by atoms with E-state index in [1.807, 2.05) is 0 Å². The van der Waals surface area contributed by atoms with Crippen LogP contribution in [-0.2, 0) is 14.2 Å². The Morgan fingerprint density at radius 3 is 1.13 bits per heavy atom. The fourth-order valence-corrected chi connectivity index (χ4v) is 0.394. The number of rotatable bonds is 6. The minimum atomic E-state index is -5.47. The molecule has 0 amide bonds. The minimum absolute atomic E-state index is 2.18. The molecule has 0 spiro atoms. The molecule has 0 N–H and O–H groups in total. The zero-order valence-electron chi connectivity index (χ0n) is 6.40. The third-order valence-electron chi connectivity index (χ3n) is 0.690. The van der Waals surface area contributed by atoms with E-state index in [0.717, 1.165) is 0 Å². The standard InChI is InChI=1S/C4H2F8O3/c5-1(6)13-3(9,10)15-4(11,12)14-2(7)8/h1-2H. The summed E-state index contributed by atoms with van der Waals surface area (Å²) in [5, 5.41) is 0. The van der Waals surface area contributed by atoms with Crippen LogP contribution < -0.4 is 0 Å². The molecule has 11 heteroatoms. The zero-order valence-corrected chi connectivity index (χ0v) is 6.40. The topological polar surface area (TPSA) is 27.7 Å². The predicted molar refractivity (Wildman–Crippen MR) is 25.2 cm³/mol. The Morgan fingerprint density at radius 2 is 0.933 bits per heavy atom. The molecule has 0 aromatic rings. The van der Waals surface area contributed by atoms with Crippen molar-refractivity contribution in [3.05, 3.63) is 0 Å². The first-order valence-electron chi connectivity index (χ1n) is 2.92. The van der Waals surface area contributed by atoms with Gasteiger partial charge in [0.05, 0.1) is 0 Å². The van der Waals surface area contributed by atoms with Crippen LogP contribution in [0.25, 0.3) is 0 Å². The molecule has 0 aliphatic carbocycles. The van der Waals surface area contributed by atoms with Crippen molar-refractivity contribution in [3.63, 3.8) is 0 Å². The lowest BCUT2D eigenvalue weighted by atomic mass is 11.1. The number of ether oxygens (including phenoxy) is 3. The van der Waals surface area contributed by atoms with Gasteiger partial charge < -0.3 is 0 Å². The van der Waals surface area contributed by atoms with Crippen LogP contribution in [0.4, 0.5) is 35.1 Å². The van der Waals surface area contributed by atoms with Gasteiger partial charge in [0.15, 0.2) is 0 Å². The quantitative estimate of drug-likeness (QED) is 0.535. The van der Waals surface area contributed by atoms with Crippen LogP contribution in [0.5, 0.6) is 0 Å². The highest BCUT2D eigenvalue weighted by Crippen LogP contribution is 2.31. The highest BCUT2D eigenvalue weighted by molar-refractivity contribution is 4.39. The first-order valence-corrected chi connectivity index (χ1v) is 2.92. The Balaban J connectivity index is 4.29. The highest BCUT2D eigenvalue weighted by Gasteiger charge is 2.50. The van der Waals surface area contributed by atoms with Crippen molar-refractivity contribution in [2.24, 2.45) is 0 Å². The molecule has 0 bridgehead atoms. The lowest BCUT2D eigenvalue weighted by Gasteiger charge is -2.21.